The maximum Gasteiger partial charge on any atom is 0.257 e. The quantitative estimate of drug-likeness (QED) is 0.442. The normalized spacial score (nSPS) is 12.4. The van der Waals surface area contributed by atoms with E-state index in [0.29, 0.717) is 52.0 Å². The average Bonchev–Trinajstić information content (AvgIpc) is 3.22. The van der Waals surface area contributed by atoms with Crippen LogP contribution in [0.5, 0.6) is 11.5 Å². The van der Waals surface area contributed by atoms with Crippen LogP contribution in [0.2, 0.25) is 5.02 Å². The van der Waals surface area contributed by atoms with Crippen LogP contribution in [0, 0.1) is 0 Å². The monoisotopic (exact) mass is 465 g/mol. The lowest BCUT2D eigenvalue weighted by Gasteiger charge is -2.18. The Bertz CT molecular complexity index is 1340. The molecule has 3 aromatic carbocycles. The number of anilines is 1. The fourth-order valence-corrected chi connectivity index (χ4v) is 3.63. The fraction of sp³-hybridized carbons (Fsp3) is 0.0909. The minimum atomic E-state index is -0.383. The molecule has 4 aromatic rings. The summed E-state index contributed by atoms with van der Waals surface area (Å²) in [5, 5.41) is 15.0. The van der Waals surface area contributed by atoms with Crippen molar-refractivity contribution in [2.75, 3.05) is 18.5 Å². The first kappa shape index (κ1) is 20.2. The van der Waals surface area contributed by atoms with E-state index in [0.717, 1.165) is 5.69 Å². The van der Waals surface area contributed by atoms with Crippen molar-refractivity contribution in [2.24, 2.45) is 0 Å². The number of nitrogens with zero attached hydrogens (tertiary/aromatic N) is 3. The highest BCUT2D eigenvalue weighted by Crippen LogP contribution is 2.31. The minimum absolute atomic E-state index is 0.0987. The van der Waals surface area contributed by atoms with Crippen LogP contribution in [0.25, 0.3) is 16.7 Å². The zero-order valence-electron chi connectivity index (χ0n) is 16.5. The molecule has 0 unspecified atom stereocenters. The third-order valence-corrected chi connectivity index (χ3v) is 5.25. The molecule has 32 heavy (non-hydrogen) atoms. The summed E-state index contributed by atoms with van der Waals surface area (Å²) in [5.74, 6) is 0.751. The van der Waals surface area contributed by atoms with Gasteiger partial charge in [0, 0.05) is 5.56 Å². The number of carbonyl (C=O) groups is 1. The Morgan fingerprint density at radius 3 is 2.47 bits per heavy atom. The number of carbonyl (C=O) groups excluding carboxylic acids is 1. The summed E-state index contributed by atoms with van der Waals surface area (Å²) >= 11 is 11.7. The van der Waals surface area contributed by atoms with E-state index in [1.165, 1.54) is 4.80 Å². The van der Waals surface area contributed by atoms with Gasteiger partial charge < -0.3 is 14.8 Å². The van der Waals surface area contributed by atoms with E-state index in [9.17, 15) is 4.79 Å². The van der Waals surface area contributed by atoms with Crippen LogP contribution in [-0.4, -0.2) is 39.2 Å². The molecule has 10 heteroatoms. The number of benzene rings is 3. The predicted octanol–water partition coefficient (Wildman–Crippen LogP) is 3.97. The van der Waals surface area contributed by atoms with Gasteiger partial charge in [-0.15, -0.1) is 10.2 Å². The van der Waals surface area contributed by atoms with Crippen molar-refractivity contribution < 1.29 is 14.3 Å². The summed E-state index contributed by atoms with van der Waals surface area (Å²) in [7, 11) is 0. The van der Waals surface area contributed by atoms with E-state index >= 15 is 0 Å². The van der Waals surface area contributed by atoms with Gasteiger partial charge in [-0.25, -0.2) is 0 Å². The van der Waals surface area contributed by atoms with Gasteiger partial charge in [0.2, 0.25) is 0 Å². The van der Waals surface area contributed by atoms with E-state index in [1.54, 1.807) is 30.3 Å². The Morgan fingerprint density at radius 1 is 0.969 bits per heavy atom. The SMILES string of the molecule is O=C(NC(=S)Nc1cc2nn(-c3ccccc3)nc2cc1Cl)c1ccc2c(c1)OCCO2. The molecular weight excluding hydrogens is 450 g/mol. The molecule has 1 aliphatic rings. The van der Waals surface area contributed by atoms with E-state index < -0.39 is 0 Å². The highest BCUT2D eigenvalue weighted by Gasteiger charge is 2.16. The molecule has 2 heterocycles. The van der Waals surface area contributed by atoms with Gasteiger partial charge in [-0.05, 0) is 54.7 Å². The van der Waals surface area contributed by atoms with Crippen molar-refractivity contribution in [1.82, 2.24) is 20.3 Å². The van der Waals surface area contributed by atoms with Gasteiger partial charge in [-0.2, -0.15) is 4.80 Å². The average molecular weight is 466 g/mol. The highest BCUT2D eigenvalue weighted by molar-refractivity contribution is 7.80. The summed E-state index contributed by atoms with van der Waals surface area (Å²) in [6, 6.07) is 17.9. The van der Waals surface area contributed by atoms with E-state index in [1.807, 2.05) is 30.3 Å². The molecule has 1 aliphatic heterocycles. The molecule has 0 atom stereocenters. The number of fused-ring (bicyclic) bond motifs is 2. The largest absolute Gasteiger partial charge is 0.486 e. The third kappa shape index (κ3) is 4.08. The molecule has 0 fully saturated rings. The third-order valence-electron chi connectivity index (χ3n) is 4.74. The molecule has 1 amide bonds. The molecule has 160 valence electrons. The summed E-state index contributed by atoms with van der Waals surface area (Å²) in [5.41, 5.74) is 2.99. The lowest BCUT2D eigenvalue weighted by atomic mass is 10.2. The number of amides is 1. The standard InChI is InChI=1S/C22H16ClN5O3S/c23-15-11-17-18(27-28(26-17)14-4-2-1-3-5-14)12-16(15)24-22(32)25-21(29)13-6-7-19-20(10-13)31-9-8-30-19/h1-7,10-12H,8-9H2,(H2,24,25,29,32). The molecule has 5 rings (SSSR count). The first-order valence-corrected chi connectivity index (χ1v) is 10.5. The first-order valence-electron chi connectivity index (χ1n) is 9.71. The summed E-state index contributed by atoms with van der Waals surface area (Å²) in [6.45, 7) is 0.921. The van der Waals surface area contributed by atoms with Crippen molar-refractivity contribution >= 4 is 51.6 Å². The van der Waals surface area contributed by atoms with Crippen molar-refractivity contribution in [2.45, 2.75) is 0 Å². The number of aromatic nitrogens is 3. The molecule has 0 bridgehead atoms. The van der Waals surface area contributed by atoms with Crippen LogP contribution in [0.4, 0.5) is 5.69 Å². The lowest BCUT2D eigenvalue weighted by molar-refractivity contribution is 0.0976. The van der Waals surface area contributed by atoms with Gasteiger partial charge in [0.25, 0.3) is 5.91 Å². The first-order chi connectivity index (χ1) is 15.6. The zero-order valence-corrected chi connectivity index (χ0v) is 18.1. The molecule has 0 radical (unpaired) electrons. The smallest absolute Gasteiger partial charge is 0.257 e. The number of ether oxygens (including phenoxy) is 2. The van der Waals surface area contributed by atoms with Gasteiger partial charge >= 0.3 is 0 Å². The molecule has 0 aliphatic carbocycles. The van der Waals surface area contributed by atoms with Gasteiger partial charge in [0.05, 0.1) is 16.4 Å². The molecule has 8 nitrogen and oxygen atoms in total. The second-order valence-corrected chi connectivity index (χ2v) is 7.73. The van der Waals surface area contributed by atoms with Gasteiger partial charge in [0.15, 0.2) is 16.6 Å². The number of nitrogens with one attached hydrogen (secondary N) is 2. The van der Waals surface area contributed by atoms with Crippen molar-refractivity contribution in [3.8, 4) is 17.2 Å². The van der Waals surface area contributed by atoms with Crippen LogP contribution in [0.3, 0.4) is 0 Å². The summed E-state index contributed by atoms with van der Waals surface area (Å²) in [4.78, 5) is 14.1. The van der Waals surface area contributed by atoms with Crippen LogP contribution < -0.4 is 20.1 Å². The Balaban J connectivity index is 1.32. The van der Waals surface area contributed by atoms with Crippen LogP contribution in [-0.2, 0) is 0 Å². The van der Waals surface area contributed by atoms with Crippen LogP contribution in [0.15, 0.2) is 60.7 Å². The van der Waals surface area contributed by atoms with Gasteiger partial charge in [-0.1, -0.05) is 29.8 Å². The zero-order chi connectivity index (χ0) is 22.1. The second-order valence-electron chi connectivity index (χ2n) is 6.91. The van der Waals surface area contributed by atoms with Crippen molar-refractivity contribution in [3.63, 3.8) is 0 Å². The van der Waals surface area contributed by atoms with Gasteiger partial charge in [-0.3, -0.25) is 10.1 Å². The maximum atomic E-state index is 12.6. The van der Waals surface area contributed by atoms with E-state index in [4.69, 9.17) is 33.3 Å². The number of hydrogen-bond acceptors (Lipinski definition) is 6. The Morgan fingerprint density at radius 2 is 1.69 bits per heavy atom. The Labute approximate surface area is 193 Å². The molecule has 0 saturated heterocycles. The molecule has 2 N–H and O–H groups in total. The van der Waals surface area contributed by atoms with Gasteiger partial charge in [0.1, 0.15) is 24.2 Å². The van der Waals surface area contributed by atoms with Crippen molar-refractivity contribution in [3.05, 3.63) is 71.2 Å². The van der Waals surface area contributed by atoms with Crippen LogP contribution >= 0.6 is 23.8 Å². The van der Waals surface area contributed by atoms with Crippen molar-refractivity contribution in [1.29, 1.82) is 0 Å². The summed E-state index contributed by atoms with van der Waals surface area (Å²) in [6.07, 6.45) is 0. The number of rotatable bonds is 3. The molecule has 0 spiro atoms. The lowest BCUT2D eigenvalue weighted by Crippen LogP contribution is -2.34. The Hall–Kier alpha value is -3.69. The number of hydrogen-bond donors (Lipinski definition) is 2. The number of halogens is 1. The molecular formula is C22H16ClN5O3S. The fourth-order valence-electron chi connectivity index (χ4n) is 3.22. The number of para-hydroxylation sites is 1. The molecule has 1 aromatic heterocycles. The number of thiocarbonyl (C=S) groups is 1. The maximum absolute atomic E-state index is 12.6. The van der Waals surface area contributed by atoms with E-state index in [2.05, 4.69) is 20.8 Å². The summed E-state index contributed by atoms with van der Waals surface area (Å²) < 4.78 is 11.0. The van der Waals surface area contributed by atoms with Crippen LogP contribution in [0.1, 0.15) is 10.4 Å². The minimum Gasteiger partial charge on any atom is -0.486 e. The van der Waals surface area contributed by atoms with E-state index in [-0.39, 0.29) is 11.0 Å². The predicted molar refractivity (Wildman–Crippen MR) is 125 cm³/mol. The Kier molecular flexibility index (Phi) is 5.34. The second kappa shape index (κ2) is 8.45. The highest BCUT2D eigenvalue weighted by atomic mass is 35.5. The topological polar surface area (TPSA) is 90.3 Å². The molecule has 0 saturated carbocycles.